The van der Waals surface area contributed by atoms with Crippen LogP contribution in [0.15, 0.2) is 47.0 Å². The third kappa shape index (κ3) is 5.81. The van der Waals surface area contributed by atoms with Crippen LogP contribution in [0.25, 0.3) is 21.5 Å². The third-order valence-corrected chi connectivity index (χ3v) is 7.95. The van der Waals surface area contributed by atoms with E-state index in [2.05, 4.69) is 15.4 Å². The summed E-state index contributed by atoms with van der Waals surface area (Å²) < 4.78 is 12.0. The molecule has 1 fully saturated rings. The highest BCUT2D eigenvalue weighted by atomic mass is 35.5. The molecule has 2 heterocycles. The van der Waals surface area contributed by atoms with E-state index in [1.165, 1.54) is 0 Å². The van der Waals surface area contributed by atoms with Gasteiger partial charge < -0.3 is 19.5 Å². The maximum Gasteiger partial charge on any atom is 0.338 e. The Hall–Kier alpha value is -2.94. The quantitative estimate of drug-likeness (QED) is 0.167. The van der Waals surface area contributed by atoms with Crippen molar-refractivity contribution in [1.29, 1.82) is 0 Å². The summed E-state index contributed by atoms with van der Waals surface area (Å²) in [6.07, 6.45) is 4.03. The van der Waals surface area contributed by atoms with Crippen LogP contribution < -0.4 is 10.2 Å². The van der Waals surface area contributed by atoms with E-state index >= 15 is 0 Å². The number of rotatable bonds is 12. The second kappa shape index (κ2) is 11.6. The highest BCUT2D eigenvalue weighted by Crippen LogP contribution is 2.45. The molecule has 2 aromatic heterocycles. The summed E-state index contributed by atoms with van der Waals surface area (Å²) in [5.41, 5.74) is 4.32. The van der Waals surface area contributed by atoms with E-state index in [0.29, 0.717) is 23.1 Å². The van der Waals surface area contributed by atoms with Gasteiger partial charge in [-0.3, -0.25) is 0 Å². The van der Waals surface area contributed by atoms with Crippen LogP contribution in [0.1, 0.15) is 53.8 Å². The van der Waals surface area contributed by atoms with Crippen LogP contribution in [0, 0.1) is 0 Å². The van der Waals surface area contributed by atoms with Gasteiger partial charge in [0.15, 0.2) is 5.13 Å². The van der Waals surface area contributed by atoms with E-state index in [1.54, 1.807) is 17.4 Å². The first-order valence-electron chi connectivity index (χ1n) is 12.8. The number of esters is 1. The molecule has 37 heavy (non-hydrogen) atoms. The molecule has 0 radical (unpaired) electrons. The molecule has 0 amide bonds. The number of fused-ring (bicyclic) bond motifs is 1. The number of aromatic nitrogens is 2. The Morgan fingerprint density at radius 2 is 2.08 bits per heavy atom. The topological polar surface area (TPSA) is 80.5 Å². The molecule has 2 aromatic carbocycles. The van der Waals surface area contributed by atoms with Crippen molar-refractivity contribution >= 4 is 44.3 Å². The minimum absolute atomic E-state index is 0.308. The molecule has 9 heteroatoms. The van der Waals surface area contributed by atoms with Crippen LogP contribution in [0.4, 0.5) is 5.13 Å². The number of ether oxygens (including phenoxy) is 1. The molecule has 0 atom stereocenters. The number of halogens is 1. The Kier molecular flexibility index (Phi) is 8.08. The van der Waals surface area contributed by atoms with Gasteiger partial charge in [-0.15, -0.1) is 0 Å². The first-order valence-corrected chi connectivity index (χ1v) is 14.0. The van der Waals surface area contributed by atoms with Gasteiger partial charge in [0.2, 0.25) is 0 Å². The first-order chi connectivity index (χ1) is 18.1. The van der Waals surface area contributed by atoms with Gasteiger partial charge >= 0.3 is 5.97 Å². The first kappa shape index (κ1) is 25.7. The lowest BCUT2D eigenvalue weighted by molar-refractivity contribution is 0.0526. The van der Waals surface area contributed by atoms with Gasteiger partial charge in [0.1, 0.15) is 11.5 Å². The van der Waals surface area contributed by atoms with Crippen molar-refractivity contribution in [2.75, 3.05) is 38.2 Å². The second-order valence-electron chi connectivity index (χ2n) is 9.22. The summed E-state index contributed by atoms with van der Waals surface area (Å²) in [6, 6.07) is 13.4. The van der Waals surface area contributed by atoms with E-state index in [9.17, 15) is 4.79 Å². The van der Waals surface area contributed by atoms with E-state index in [-0.39, 0.29) is 5.97 Å². The average Bonchev–Trinajstić information content (AvgIpc) is 3.52. The maximum atomic E-state index is 12.2. The van der Waals surface area contributed by atoms with Crippen molar-refractivity contribution in [3.63, 3.8) is 0 Å². The van der Waals surface area contributed by atoms with Crippen LogP contribution >= 0.6 is 22.9 Å². The van der Waals surface area contributed by atoms with E-state index in [0.717, 1.165) is 83.2 Å². The number of hydrogen-bond acceptors (Lipinski definition) is 8. The molecular formula is C28H31ClN4O3S. The van der Waals surface area contributed by atoms with Crippen LogP contribution in [0.5, 0.6) is 0 Å². The summed E-state index contributed by atoms with van der Waals surface area (Å²) in [5, 5.41) is 9.32. The minimum atomic E-state index is -0.308. The largest absolute Gasteiger partial charge is 0.462 e. The van der Waals surface area contributed by atoms with Crippen molar-refractivity contribution in [2.24, 2.45) is 0 Å². The van der Waals surface area contributed by atoms with Gasteiger partial charge in [0.05, 0.1) is 27.4 Å². The lowest BCUT2D eigenvalue weighted by Crippen LogP contribution is -2.29. The molecule has 4 aromatic rings. The summed E-state index contributed by atoms with van der Waals surface area (Å²) in [4.78, 5) is 19.5. The number of thiazole rings is 1. The Balaban J connectivity index is 1.43. The van der Waals surface area contributed by atoms with Crippen LogP contribution in [-0.4, -0.2) is 49.4 Å². The molecule has 1 aliphatic carbocycles. The molecule has 1 N–H and O–H groups in total. The molecule has 7 nitrogen and oxygen atoms in total. The smallest absolute Gasteiger partial charge is 0.338 e. The number of nitrogens with zero attached hydrogens (tertiary/aromatic N) is 3. The zero-order chi connectivity index (χ0) is 25.8. The van der Waals surface area contributed by atoms with Gasteiger partial charge in [-0.05, 0) is 70.5 Å². The van der Waals surface area contributed by atoms with Crippen LogP contribution in [0.2, 0.25) is 5.02 Å². The van der Waals surface area contributed by atoms with Crippen molar-refractivity contribution in [1.82, 2.24) is 15.5 Å². The van der Waals surface area contributed by atoms with E-state index in [1.807, 2.05) is 50.4 Å². The standard InChI is InChI=1S/C28H31ClN4O3S/c1-3-35-27(34)19-11-12-23-24(17-19)37-28(31-23)33(15-6-14-30-2)16-13-21-25(20-7-4-5-8-22(20)29)32-36-26(21)18-9-10-18/h4-5,7-8,11-12,17-18,30H,3,6,9-10,13-16H2,1-2H3. The van der Waals surface area contributed by atoms with Gasteiger partial charge in [-0.25, -0.2) is 9.78 Å². The molecule has 5 rings (SSSR count). The molecular weight excluding hydrogens is 508 g/mol. The van der Waals surface area contributed by atoms with Crippen molar-refractivity contribution < 1.29 is 14.1 Å². The van der Waals surface area contributed by atoms with Crippen molar-refractivity contribution in [3.05, 3.63) is 64.4 Å². The summed E-state index contributed by atoms with van der Waals surface area (Å²) in [6.45, 7) is 4.71. The van der Waals surface area contributed by atoms with E-state index in [4.69, 9.17) is 25.8 Å². The fraction of sp³-hybridized carbons (Fsp3) is 0.393. The number of benzene rings is 2. The number of hydrogen-bond donors (Lipinski definition) is 1. The fourth-order valence-electron chi connectivity index (χ4n) is 4.48. The predicted molar refractivity (Wildman–Crippen MR) is 149 cm³/mol. The molecule has 194 valence electrons. The lowest BCUT2D eigenvalue weighted by Gasteiger charge is -2.22. The van der Waals surface area contributed by atoms with Gasteiger partial charge in [-0.1, -0.05) is 46.3 Å². The van der Waals surface area contributed by atoms with Crippen LogP contribution in [0.3, 0.4) is 0 Å². The normalized spacial score (nSPS) is 13.3. The zero-order valence-corrected chi connectivity index (χ0v) is 22.7. The van der Waals surface area contributed by atoms with Gasteiger partial charge in [-0.2, -0.15) is 0 Å². The highest BCUT2D eigenvalue weighted by Gasteiger charge is 2.33. The Morgan fingerprint density at radius 3 is 2.84 bits per heavy atom. The summed E-state index contributed by atoms with van der Waals surface area (Å²) in [5.74, 6) is 1.13. The average molecular weight is 539 g/mol. The summed E-state index contributed by atoms with van der Waals surface area (Å²) in [7, 11) is 1.97. The maximum absolute atomic E-state index is 12.2. The molecule has 0 aliphatic heterocycles. The number of anilines is 1. The SMILES string of the molecule is CCOC(=O)c1ccc2nc(N(CCCNC)CCc3c(-c4ccccc4Cl)noc3C3CC3)sc2c1. The second-order valence-corrected chi connectivity index (χ2v) is 10.6. The third-order valence-electron chi connectivity index (χ3n) is 6.54. The summed E-state index contributed by atoms with van der Waals surface area (Å²) >= 11 is 8.14. The molecule has 1 saturated carbocycles. The number of carbonyl (C=O) groups is 1. The van der Waals surface area contributed by atoms with E-state index < -0.39 is 0 Å². The van der Waals surface area contributed by atoms with Crippen molar-refractivity contribution in [2.45, 2.75) is 38.5 Å². The monoisotopic (exact) mass is 538 g/mol. The Morgan fingerprint density at radius 1 is 1.24 bits per heavy atom. The highest BCUT2D eigenvalue weighted by molar-refractivity contribution is 7.22. The van der Waals surface area contributed by atoms with Gasteiger partial charge in [0.25, 0.3) is 0 Å². The molecule has 0 spiro atoms. The fourth-order valence-corrected chi connectivity index (χ4v) is 5.76. The minimum Gasteiger partial charge on any atom is -0.462 e. The molecule has 0 bridgehead atoms. The Labute approximate surface area is 225 Å². The zero-order valence-electron chi connectivity index (χ0n) is 21.1. The molecule has 1 aliphatic rings. The van der Waals surface area contributed by atoms with Gasteiger partial charge in [0, 0.05) is 30.1 Å². The number of carbonyl (C=O) groups excluding carboxylic acids is 1. The number of nitrogens with one attached hydrogen (secondary N) is 1. The predicted octanol–water partition coefficient (Wildman–Crippen LogP) is 6.32. The lowest BCUT2D eigenvalue weighted by atomic mass is 10.0. The molecule has 0 unspecified atom stereocenters. The molecule has 0 saturated heterocycles. The van der Waals surface area contributed by atoms with Crippen LogP contribution in [-0.2, 0) is 11.2 Å². The Bertz CT molecular complexity index is 1380. The van der Waals surface area contributed by atoms with Crippen molar-refractivity contribution in [3.8, 4) is 11.3 Å².